The van der Waals surface area contributed by atoms with Gasteiger partial charge in [-0.05, 0) is 113 Å². The van der Waals surface area contributed by atoms with Crippen molar-refractivity contribution in [3.05, 3.63) is 18.7 Å². The standard InChI is InChI=1S/C23H33N2.CH2O3/c1-2-25(23-12-19-6-20(13-23)8-21(7-19)14-23)15-24(1)22-9-16-3-17(10-22)5-18(4-16)11-22;2-1(3)4/h1-2,15-21H,3-14H2;(H2,2,3,4)/q+1;/p-1. The molecule has 0 spiro atoms. The SMILES string of the molecule is O=C([O-])O.c1c[n+](C23CC4CC(CC(C4)C2)C3)cn1C12CC3CC(CC(C3)C1)C2. The van der Waals surface area contributed by atoms with Crippen LogP contribution in [0.25, 0.3) is 0 Å². The Bertz CT molecular complexity index is 680. The van der Waals surface area contributed by atoms with Crippen LogP contribution in [0.3, 0.4) is 0 Å². The van der Waals surface area contributed by atoms with Crippen LogP contribution in [-0.2, 0) is 11.1 Å². The molecule has 0 aromatic carbocycles. The van der Waals surface area contributed by atoms with Gasteiger partial charge in [-0.1, -0.05) is 0 Å². The molecule has 8 aliphatic rings. The molecule has 9 rings (SSSR count). The van der Waals surface area contributed by atoms with Crippen LogP contribution in [0.2, 0.25) is 0 Å². The minimum Gasteiger partial charge on any atom is -0.565 e. The summed E-state index contributed by atoms with van der Waals surface area (Å²) < 4.78 is 5.46. The van der Waals surface area contributed by atoms with Gasteiger partial charge < -0.3 is 15.0 Å². The fourth-order valence-electron chi connectivity index (χ4n) is 9.68. The van der Waals surface area contributed by atoms with Crippen LogP contribution in [-0.4, -0.2) is 15.8 Å². The average molecular weight is 399 g/mol. The summed E-state index contributed by atoms with van der Waals surface area (Å²) in [5.41, 5.74) is 1.00. The number of nitrogens with zero attached hydrogens (tertiary/aromatic N) is 2. The second kappa shape index (κ2) is 6.24. The first-order chi connectivity index (χ1) is 13.9. The molecular formula is C24H34N2O3. The number of carbonyl (C=O) groups is 1. The lowest BCUT2D eigenvalue weighted by Gasteiger charge is -2.55. The van der Waals surface area contributed by atoms with Crippen molar-refractivity contribution in [1.82, 2.24) is 4.57 Å². The summed E-state index contributed by atoms with van der Waals surface area (Å²) in [5, 5.41) is 15.3. The molecule has 5 heteroatoms. The van der Waals surface area contributed by atoms with E-state index < -0.39 is 6.16 Å². The van der Waals surface area contributed by atoms with Gasteiger partial charge in [0, 0.05) is 0 Å². The van der Waals surface area contributed by atoms with Crippen LogP contribution >= 0.6 is 0 Å². The lowest BCUT2D eigenvalue weighted by Crippen LogP contribution is -2.64. The van der Waals surface area contributed by atoms with E-state index >= 15 is 0 Å². The number of carboxylic acid groups (broad SMARTS) is 2. The van der Waals surface area contributed by atoms with E-state index in [2.05, 4.69) is 27.9 Å². The minimum absolute atomic E-state index is 0.502. The zero-order chi connectivity index (χ0) is 19.8. The van der Waals surface area contributed by atoms with Gasteiger partial charge in [-0.3, -0.25) is 0 Å². The topological polar surface area (TPSA) is 69.2 Å². The highest BCUT2D eigenvalue weighted by molar-refractivity contribution is 5.50. The lowest BCUT2D eigenvalue weighted by atomic mass is 9.53. The molecule has 0 amide bonds. The van der Waals surface area contributed by atoms with Gasteiger partial charge in [0.1, 0.15) is 23.5 Å². The summed E-state index contributed by atoms with van der Waals surface area (Å²) in [6.07, 6.45) is 23.7. The molecule has 29 heavy (non-hydrogen) atoms. The van der Waals surface area contributed by atoms with E-state index in [0.717, 1.165) is 35.5 Å². The Labute approximate surface area is 173 Å². The monoisotopic (exact) mass is 398 g/mol. The van der Waals surface area contributed by atoms with E-state index in [1.54, 1.807) is 38.5 Å². The van der Waals surface area contributed by atoms with E-state index in [0.29, 0.717) is 11.1 Å². The number of hydrogen-bond acceptors (Lipinski definition) is 2. The quantitative estimate of drug-likeness (QED) is 0.775. The maximum Gasteiger partial charge on any atom is 0.249 e. The number of aromatic nitrogens is 2. The van der Waals surface area contributed by atoms with Gasteiger partial charge >= 0.3 is 0 Å². The third kappa shape index (κ3) is 2.94. The lowest BCUT2D eigenvalue weighted by molar-refractivity contribution is -0.776. The Morgan fingerprint density at radius 1 is 0.828 bits per heavy atom. The molecule has 8 bridgehead atoms. The molecule has 0 atom stereocenters. The van der Waals surface area contributed by atoms with Crippen molar-refractivity contribution in [2.45, 2.75) is 88.1 Å². The second-order valence-corrected chi connectivity index (χ2v) is 11.8. The number of rotatable bonds is 2. The predicted molar refractivity (Wildman–Crippen MR) is 105 cm³/mol. The zero-order valence-electron chi connectivity index (χ0n) is 17.3. The molecule has 158 valence electrons. The van der Waals surface area contributed by atoms with Crippen molar-refractivity contribution in [3.8, 4) is 0 Å². The molecule has 8 fully saturated rings. The van der Waals surface area contributed by atoms with E-state index in [-0.39, 0.29) is 0 Å². The largest absolute Gasteiger partial charge is 0.565 e. The first kappa shape index (κ1) is 18.3. The molecular weight excluding hydrogens is 364 g/mol. The number of hydrogen-bond donors (Lipinski definition) is 1. The minimum atomic E-state index is -2.08. The molecule has 1 aromatic heterocycles. The summed E-state index contributed by atoms with van der Waals surface area (Å²) in [6, 6.07) is 0. The Kier molecular flexibility index (Phi) is 3.93. The summed E-state index contributed by atoms with van der Waals surface area (Å²) in [4.78, 5) is 8.44. The van der Waals surface area contributed by atoms with Crippen molar-refractivity contribution in [2.75, 3.05) is 0 Å². The Morgan fingerprint density at radius 2 is 1.21 bits per heavy atom. The molecule has 0 saturated heterocycles. The van der Waals surface area contributed by atoms with Gasteiger partial charge in [0.2, 0.25) is 12.5 Å². The van der Waals surface area contributed by atoms with Crippen LogP contribution in [0.15, 0.2) is 18.7 Å². The van der Waals surface area contributed by atoms with Gasteiger partial charge in [-0.15, -0.1) is 0 Å². The first-order valence-electron chi connectivity index (χ1n) is 11.9. The van der Waals surface area contributed by atoms with Crippen LogP contribution < -0.4 is 9.67 Å². The zero-order valence-corrected chi connectivity index (χ0v) is 17.3. The molecule has 1 aromatic rings. The Balaban J connectivity index is 0.000000382. The summed E-state index contributed by atoms with van der Waals surface area (Å²) in [5.74, 6) is 6.26. The van der Waals surface area contributed by atoms with Crippen LogP contribution in [0.4, 0.5) is 4.79 Å². The van der Waals surface area contributed by atoms with Crippen LogP contribution in [0, 0.1) is 35.5 Å². The van der Waals surface area contributed by atoms with Crippen molar-refractivity contribution in [1.29, 1.82) is 0 Å². The third-order valence-corrected chi connectivity index (χ3v) is 9.74. The molecule has 0 unspecified atom stereocenters. The fraction of sp³-hybridized carbons (Fsp3) is 0.833. The normalized spacial score (nSPS) is 48.4. The predicted octanol–water partition coefficient (Wildman–Crippen LogP) is 3.51. The number of imidazole rings is 1. The summed E-state index contributed by atoms with van der Waals surface area (Å²) >= 11 is 0. The van der Waals surface area contributed by atoms with Crippen molar-refractivity contribution in [2.24, 2.45) is 35.5 Å². The Hall–Kier alpha value is -1.52. The van der Waals surface area contributed by atoms with Crippen molar-refractivity contribution in [3.63, 3.8) is 0 Å². The van der Waals surface area contributed by atoms with Crippen molar-refractivity contribution < 1.29 is 19.6 Å². The van der Waals surface area contributed by atoms with Gasteiger partial charge in [-0.2, -0.15) is 0 Å². The molecule has 1 N–H and O–H groups in total. The highest BCUT2D eigenvalue weighted by Gasteiger charge is 2.57. The average Bonchev–Trinajstić information content (AvgIpc) is 3.10. The molecule has 1 heterocycles. The van der Waals surface area contributed by atoms with Gasteiger partial charge in [0.25, 0.3) is 0 Å². The van der Waals surface area contributed by atoms with Crippen LogP contribution in [0.1, 0.15) is 77.0 Å². The second-order valence-electron chi connectivity index (χ2n) is 11.8. The van der Waals surface area contributed by atoms with E-state index in [1.807, 2.05) is 0 Å². The molecule has 8 aliphatic carbocycles. The maximum atomic E-state index is 8.44. The summed E-state index contributed by atoms with van der Waals surface area (Å²) in [6.45, 7) is 0. The smallest absolute Gasteiger partial charge is 0.249 e. The van der Waals surface area contributed by atoms with Gasteiger partial charge in [-0.25, -0.2) is 9.13 Å². The van der Waals surface area contributed by atoms with E-state index in [9.17, 15) is 0 Å². The molecule has 8 saturated carbocycles. The van der Waals surface area contributed by atoms with Gasteiger partial charge in [0.05, 0.1) is 0 Å². The van der Waals surface area contributed by atoms with E-state index in [1.165, 1.54) is 38.5 Å². The van der Waals surface area contributed by atoms with Crippen LogP contribution in [0.5, 0.6) is 0 Å². The molecule has 0 aliphatic heterocycles. The first-order valence-corrected chi connectivity index (χ1v) is 11.9. The molecule has 5 nitrogen and oxygen atoms in total. The molecule has 0 radical (unpaired) electrons. The Morgan fingerprint density at radius 3 is 1.62 bits per heavy atom. The van der Waals surface area contributed by atoms with E-state index in [4.69, 9.17) is 15.0 Å². The van der Waals surface area contributed by atoms with Crippen molar-refractivity contribution >= 4 is 6.16 Å². The fourth-order valence-corrected chi connectivity index (χ4v) is 9.68. The maximum absolute atomic E-state index is 8.44. The third-order valence-electron chi connectivity index (χ3n) is 9.74. The highest BCUT2D eigenvalue weighted by atomic mass is 16.6. The highest BCUT2D eigenvalue weighted by Crippen LogP contribution is 2.59. The van der Waals surface area contributed by atoms with Gasteiger partial charge in [0.15, 0.2) is 0 Å². The summed E-state index contributed by atoms with van der Waals surface area (Å²) in [7, 11) is 0.